The van der Waals surface area contributed by atoms with Gasteiger partial charge in [-0.05, 0) is 51.4 Å². The molecule has 6 nitrogen and oxygen atoms in total. The van der Waals surface area contributed by atoms with Crippen molar-refractivity contribution in [3.8, 4) is 0 Å². The Balaban J connectivity index is 1.94. The van der Waals surface area contributed by atoms with E-state index in [1.54, 1.807) is 0 Å². The Kier molecular flexibility index (Phi) is 6.99. The molecule has 1 saturated carbocycles. The standard InChI is InChI=1S/C17H32N4O2/c1-4-18-16(21-10-6-7-13(3)12-21)19-11-15(14-8-9-14)20-17(22)23-5-2/h13-15H,4-12H2,1-3H3,(H,18,19)(H,20,22). The Morgan fingerprint density at radius 3 is 2.74 bits per heavy atom. The van der Waals surface area contributed by atoms with Crippen LogP contribution in [-0.2, 0) is 4.74 Å². The molecule has 2 unspecified atom stereocenters. The number of guanidine groups is 1. The normalized spacial score (nSPS) is 23.3. The lowest BCUT2D eigenvalue weighted by molar-refractivity contribution is 0.147. The van der Waals surface area contributed by atoms with Gasteiger partial charge >= 0.3 is 6.09 Å². The second kappa shape index (κ2) is 8.99. The van der Waals surface area contributed by atoms with E-state index >= 15 is 0 Å². The largest absolute Gasteiger partial charge is 0.450 e. The van der Waals surface area contributed by atoms with Crippen LogP contribution in [0.4, 0.5) is 4.79 Å². The van der Waals surface area contributed by atoms with Gasteiger partial charge in [0.25, 0.3) is 0 Å². The van der Waals surface area contributed by atoms with Crippen LogP contribution < -0.4 is 10.6 Å². The van der Waals surface area contributed by atoms with Gasteiger partial charge in [0.2, 0.25) is 0 Å². The smallest absolute Gasteiger partial charge is 0.407 e. The molecule has 2 atom stereocenters. The lowest BCUT2D eigenvalue weighted by Crippen LogP contribution is -2.47. The van der Waals surface area contributed by atoms with E-state index in [1.807, 2.05) is 6.92 Å². The average molecular weight is 324 g/mol. The minimum atomic E-state index is -0.323. The Morgan fingerprint density at radius 2 is 2.13 bits per heavy atom. The molecule has 23 heavy (non-hydrogen) atoms. The minimum Gasteiger partial charge on any atom is -0.450 e. The molecule has 2 aliphatic rings. The number of piperidine rings is 1. The maximum atomic E-state index is 11.7. The number of hydrogen-bond acceptors (Lipinski definition) is 3. The van der Waals surface area contributed by atoms with Gasteiger partial charge in [0.15, 0.2) is 5.96 Å². The third-order valence-corrected chi connectivity index (χ3v) is 4.50. The van der Waals surface area contributed by atoms with Crippen molar-refractivity contribution < 1.29 is 9.53 Å². The highest BCUT2D eigenvalue weighted by Gasteiger charge is 2.32. The fraction of sp³-hybridized carbons (Fsp3) is 0.882. The van der Waals surface area contributed by atoms with E-state index in [0.29, 0.717) is 25.0 Å². The van der Waals surface area contributed by atoms with Crippen molar-refractivity contribution in [3.63, 3.8) is 0 Å². The van der Waals surface area contributed by atoms with Crippen molar-refractivity contribution >= 4 is 12.1 Å². The summed E-state index contributed by atoms with van der Waals surface area (Å²) in [6, 6.07) is 0.0879. The molecule has 0 bridgehead atoms. The predicted molar refractivity (Wildman–Crippen MR) is 92.6 cm³/mol. The second-order valence-corrected chi connectivity index (χ2v) is 6.70. The Morgan fingerprint density at radius 1 is 1.35 bits per heavy atom. The lowest BCUT2D eigenvalue weighted by Gasteiger charge is -2.33. The average Bonchev–Trinajstić information content (AvgIpc) is 3.35. The van der Waals surface area contributed by atoms with Crippen LogP contribution in [0.25, 0.3) is 0 Å². The highest BCUT2D eigenvalue weighted by Crippen LogP contribution is 2.32. The molecule has 2 N–H and O–H groups in total. The molecular formula is C17H32N4O2. The molecule has 0 aromatic heterocycles. The van der Waals surface area contributed by atoms with Crippen LogP contribution in [-0.4, -0.2) is 55.8 Å². The van der Waals surface area contributed by atoms with Crippen molar-refractivity contribution in [2.45, 2.75) is 52.5 Å². The molecule has 1 saturated heterocycles. The van der Waals surface area contributed by atoms with Crippen LogP contribution in [0.1, 0.15) is 46.5 Å². The first kappa shape index (κ1) is 17.9. The summed E-state index contributed by atoms with van der Waals surface area (Å²) in [6.45, 7) is 10.2. The third kappa shape index (κ3) is 5.92. The summed E-state index contributed by atoms with van der Waals surface area (Å²) < 4.78 is 5.01. The van der Waals surface area contributed by atoms with Gasteiger partial charge in [-0.15, -0.1) is 0 Å². The number of carbonyl (C=O) groups excluding carboxylic acids is 1. The summed E-state index contributed by atoms with van der Waals surface area (Å²) in [7, 11) is 0. The van der Waals surface area contributed by atoms with Gasteiger partial charge < -0.3 is 20.3 Å². The molecule has 0 radical (unpaired) electrons. The van der Waals surface area contributed by atoms with Gasteiger partial charge in [-0.1, -0.05) is 6.92 Å². The quantitative estimate of drug-likeness (QED) is 0.581. The van der Waals surface area contributed by atoms with Gasteiger partial charge in [0, 0.05) is 19.6 Å². The van der Waals surface area contributed by atoms with E-state index in [-0.39, 0.29) is 12.1 Å². The van der Waals surface area contributed by atoms with E-state index < -0.39 is 0 Å². The first-order valence-electron chi connectivity index (χ1n) is 9.10. The molecule has 2 rings (SSSR count). The summed E-state index contributed by atoms with van der Waals surface area (Å²) >= 11 is 0. The third-order valence-electron chi connectivity index (χ3n) is 4.50. The van der Waals surface area contributed by atoms with Crippen LogP contribution in [0.5, 0.6) is 0 Å². The van der Waals surface area contributed by atoms with Crippen LogP contribution in [0.15, 0.2) is 4.99 Å². The number of nitrogens with one attached hydrogen (secondary N) is 2. The summed E-state index contributed by atoms with van der Waals surface area (Å²) in [4.78, 5) is 18.9. The van der Waals surface area contributed by atoms with E-state index in [9.17, 15) is 4.79 Å². The summed E-state index contributed by atoms with van der Waals surface area (Å²) in [6.07, 6.45) is 4.54. The van der Waals surface area contributed by atoms with Crippen molar-refractivity contribution in [1.82, 2.24) is 15.5 Å². The summed E-state index contributed by atoms with van der Waals surface area (Å²) in [5.74, 6) is 2.24. The molecule has 6 heteroatoms. The highest BCUT2D eigenvalue weighted by atomic mass is 16.5. The number of aliphatic imine (C=N–C) groups is 1. The van der Waals surface area contributed by atoms with Gasteiger partial charge in [-0.25, -0.2) is 4.79 Å². The first-order valence-corrected chi connectivity index (χ1v) is 9.10. The maximum absolute atomic E-state index is 11.7. The highest BCUT2D eigenvalue weighted by molar-refractivity contribution is 5.80. The minimum absolute atomic E-state index is 0.0879. The molecule has 1 amide bonds. The van der Waals surface area contributed by atoms with Gasteiger partial charge in [-0.3, -0.25) is 4.99 Å². The number of nitrogens with zero attached hydrogens (tertiary/aromatic N) is 2. The monoisotopic (exact) mass is 324 g/mol. The maximum Gasteiger partial charge on any atom is 0.407 e. The molecule has 0 spiro atoms. The van der Waals surface area contributed by atoms with Crippen molar-refractivity contribution in [1.29, 1.82) is 0 Å². The Hall–Kier alpha value is -1.46. The Bertz CT molecular complexity index is 409. The topological polar surface area (TPSA) is 66.0 Å². The molecule has 1 aliphatic heterocycles. The van der Waals surface area contributed by atoms with Gasteiger partial charge in [0.05, 0.1) is 19.2 Å². The van der Waals surface area contributed by atoms with Crippen LogP contribution in [0.3, 0.4) is 0 Å². The molecule has 0 aromatic carbocycles. The van der Waals surface area contributed by atoms with Crippen LogP contribution >= 0.6 is 0 Å². The summed E-state index contributed by atoms with van der Waals surface area (Å²) in [5, 5.41) is 6.37. The molecule has 1 aliphatic carbocycles. The number of ether oxygens (including phenoxy) is 1. The predicted octanol–water partition coefficient (Wildman–Crippen LogP) is 2.21. The molecule has 132 valence electrons. The molecule has 0 aromatic rings. The zero-order valence-corrected chi connectivity index (χ0v) is 14.8. The van der Waals surface area contributed by atoms with E-state index in [1.165, 1.54) is 25.7 Å². The SMILES string of the molecule is CCNC(=NCC(NC(=O)OCC)C1CC1)N1CCCC(C)C1. The number of carbonyl (C=O) groups is 1. The summed E-state index contributed by atoms with van der Waals surface area (Å²) in [5.41, 5.74) is 0. The number of alkyl carbamates (subject to hydrolysis) is 1. The van der Waals surface area contributed by atoms with Crippen molar-refractivity contribution in [2.24, 2.45) is 16.8 Å². The van der Waals surface area contributed by atoms with Gasteiger partial charge in [0.1, 0.15) is 0 Å². The second-order valence-electron chi connectivity index (χ2n) is 6.70. The van der Waals surface area contributed by atoms with E-state index in [0.717, 1.165) is 25.6 Å². The number of likely N-dealkylation sites (tertiary alicyclic amines) is 1. The number of hydrogen-bond donors (Lipinski definition) is 2. The fourth-order valence-electron chi connectivity index (χ4n) is 3.13. The van der Waals surface area contributed by atoms with Crippen molar-refractivity contribution in [2.75, 3.05) is 32.8 Å². The lowest BCUT2D eigenvalue weighted by atomic mass is 10.0. The van der Waals surface area contributed by atoms with E-state index in [4.69, 9.17) is 9.73 Å². The van der Waals surface area contributed by atoms with Crippen LogP contribution in [0, 0.1) is 11.8 Å². The number of amides is 1. The fourth-order valence-corrected chi connectivity index (χ4v) is 3.13. The molecule has 2 fully saturated rings. The number of rotatable bonds is 6. The zero-order chi connectivity index (χ0) is 16.7. The van der Waals surface area contributed by atoms with E-state index in [2.05, 4.69) is 29.4 Å². The molecule has 1 heterocycles. The first-order chi connectivity index (χ1) is 11.1. The van der Waals surface area contributed by atoms with Crippen LogP contribution in [0.2, 0.25) is 0 Å². The Labute approximate surface area is 140 Å². The van der Waals surface area contributed by atoms with Crippen molar-refractivity contribution in [3.05, 3.63) is 0 Å². The zero-order valence-electron chi connectivity index (χ0n) is 14.8. The van der Waals surface area contributed by atoms with Gasteiger partial charge in [-0.2, -0.15) is 0 Å². The molecular weight excluding hydrogens is 292 g/mol.